The molecule has 0 radical (unpaired) electrons. The second-order valence-corrected chi connectivity index (χ2v) is 5.35. The van der Waals surface area contributed by atoms with Gasteiger partial charge in [-0.1, -0.05) is 6.07 Å². The van der Waals surface area contributed by atoms with Crippen LogP contribution in [0.1, 0.15) is 12.0 Å². The highest BCUT2D eigenvalue weighted by molar-refractivity contribution is 7.90. The van der Waals surface area contributed by atoms with E-state index in [9.17, 15) is 12.8 Å². The van der Waals surface area contributed by atoms with Crippen LogP contribution in [-0.2, 0) is 16.3 Å². The van der Waals surface area contributed by atoms with Crippen molar-refractivity contribution in [3.63, 3.8) is 0 Å². The summed E-state index contributed by atoms with van der Waals surface area (Å²) in [5, 5.41) is 8.62. The van der Waals surface area contributed by atoms with Crippen LogP contribution in [0.25, 0.3) is 0 Å². The summed E-state index contributed by atoms with van der Waals surface area (Å²) in [5.74, 6) is -0.731. The van der Waals surface area contributed by atoms with Crippen molar-refractivity contribution in [2.24, 2.45) is 0 Å². The van der Waals surface area contributed by atoms with E-state index in [1.54, 1.807) is 0 Å². The number of rotatable bonds is 4. The smallest absolute Gasteiger partial charge is 0.178 e. The summed E-state index contributed by atoms with van der Waals surface area (Å²) >= 11 is 0. The molecule has 1 aromatic rings. The van der Waals surface area contributed by atoms with Gasteiger partial charge in [0.15, 0.2) is 9.84 Å². The molecule has 0 unspecified atom stereocenters. The molecule has 0 spiro atoms. The topological polar surface area (TPSA) is 54.4 Å². The van der Waals surface area contributed by atoms with Gasteiger partial charge in [0.05, 0.1) is 0 Å². The summed E-state index contributed by atoms with van der Waals surface area (Å²) in [7, 11) is -3.52. The molecule has 0 aliphatic rings. The fourth-order valence-corrected chi connectivity index (χ4v) is 2.06. The number of hydrogen-bond donors (Lipinski definition) is 1. The van der Waals surface area contributed by atoms with Gasteiger partial charge in [-0.05, 0) is 30.5 Å². The summed E-state index contributed by atoms with van der Waals surface area (Å²) in [6.45, 7) is 0.0333. The van der Waals surface area contributed by atoms with Gasteiger partial charge in [0, 0.05) is 12.9 Å². The van der Waals surface area contributed by atoms with Crippen LogP contribution in [0.3, 0.4) is 0 Å². The summed E-state index contributed by atoms with van der Waals surface area (Å²) in [6.07, 6.45) is 2.05. The lowest BCUT2D eigenvalue weighted by Crippen LogP contribution is -2.02. The third-order valence-corrected chi connectivity index (χ3v) is 3.13. The van der Waals surface area contributed by atoms with E-state index < -0.39 is 15.7 Å². The van der Waals surface area contributed by atoms with Crippen molar-refractivity contribution in [3.8, 4) is 0 Å². The van der Waals surface area contributed by atoms with E-state index in [0.29, 0.717) is 18.4 Å². The number of sulfone groups is 1. The molecule has 5 heteroatoms. The normalized spacial score (nSPS) is 11.7. The maximum atomic E-state index is 13.2. The first-order valence-electron chi connectivity index (χ1n) is 4.54. The van der Waals surface area contributed by atoms with Crippen LogP contribution < -0.4 is 0 Å². The average molecular weight is 232 g/mol. The second-order valence-electron chi connectivity index (χ2n) is 3.36. The van der Waals surface area contributed by atoms with Crippen LogP contribution in [0.5, 0.6) is 0 Å². The monoisotopic (exact) mass is 232 g/mol. The first kappa shape index (κ1) is 12.1. The molecule has 0 aliphatic heterocycles. The number of aliphatic hydroxyl groups excluding tert-OH is 1. The molecule has 0 saturated heterocycles. The number of aliphatic hydroxyl groups is 1. The van der Waals surface area contributed by atoms with Crippen molar-refractivity contribution >= 4 is 9.84 Å². The Morgan fingerprint density at radius 1 is 1.40 bits per heavy atom. The van der Waals surface area contributed by atoms with Crippen molar-refractivity contribution in [1.29, 1.82) is 0 Å². The molecule has 0 bridgehead atoms. The van der Waals surface area contributed by atoms with E-state index in [1.165, 1.54) is 12.1 Å². The van der Waals surface area contributed by atoms with Gasteiger partial charge in [-0.15, -0.1) is 0 Å². The highest BCUT2D eigenvalue weighted by atomic mass is 32.2. The molecule has 0 fully saturated rings. The second kappa shape index (κ2) is 4.72. The molecule has 84 valence electrons. The molecular formula is C10H13FO3S. The van der Waals surface area contributed by atoms with Crippen molar-refractivity contribution in [1.82, 2.24) is 0 Å². The standard InChI is InChI=1S/C10H13FO3S/c1-15(13,14)10-7-8(3-2-6-12)4-5-9(10)11/h4-5,7,12H,2-3,6H2,1H3. The zero-order valence-electron chi connectivity index (χ0n) is 8.40. The first-order valence-corrected chi connectivity index (χ1v) is 6.43. The molecule has 0 aliphatic carbocycles. The van der Waals surface area contributed by atoms with Gasteiger partial charge in [0.1, 0.15) is 10.7 Å². The lowest BCUT2D eigenvalue weighted by atomic mass is 10.1. The highest BCUT2D eigenvalue weighted by Gasteiger charge is 2.13. The van der Waals surface area contributed by atoms with Crippen molar-refractivity contribution in [3.05, 3.63) is 29.6 Å². The molecule has 1 rings (SSSR count). The maximum Gasteiger partial charge on any atom is 0.178 e. The Bertz CT molecular complexity index is 440. The minimum atomic E-state index is -3.52. The van der Waals surface area contributed by atoms with Crippen molar-refractivity contribution < 1.29 is 17.9 Å². The third kappa shape index (κ3) is 3.28. The summed E-state index contributed by atoms with van der Waals surface area (Å²) in [5.41, 5.74) is 0.714. The highest BCUT2D eigenvalue weighted by Crippen LogP contribution is 2.17. The summed E-state index contributed by atoms with van der Waals surface area (Å²) < 4.78 is 35.5. The van der Waals surface area contributed by atoms with Crippen LogP contribution in [0, 0.1) is 5.82 Å². The van der Waals surface area contributed by atoms with Gasteiger partial charge in [0.25, 0.3) is 0 Å². The van der Waals surface area contributed by atoms with Gasteiger partial charge in [-0.25, -0.2) is 12.8 Å². The lowest BCUT2D eigenvalue weighted by Gasteiger charge is -2.04. The SMILES string of the molecule is CS(=O)(=O)c1cc(CCCO)ccc1F. The minimum Gasteiger partial charge on any atom is -0.396 e. The summed E-state index contributed by atoms with van der Waals surface area (Å²) in [6, 6.07) is 3.99. The molecular weight excluding hydrogens is 219 g/mol. The van der Waals surface area contributed by atoms with E-state index in [-0.39, 0.29) is 11.5 Å². The van der Waals surface area contributed by atoms with Crippen LogP contribution in [0.4, 0.5) is 4.39 Å². The van der Waals surface area contributed by atoms with E-state index in [1.807, 2.05) is 0 Å². The third-order valence-electron chi connectivity index (χ3n) is 2.02. The molecule has 0 aromatic heterocycles. The van der Waals surface area contributed by atoms with Crippen molar-refractivity contribution in [2.45, 2.75) is 17.7 Å². The molecule has 3 nitrogen and oxygen atoms in total. The molecule has 0 saturated carbocycles. The molecule has 0 atom stereocenters. The first-order chi connectivity index (χ1) is 6.95. The Labute approximate surface area is 88.5 Å². The van der Waals surface area contributed by atoms with Crippen LogP contribution in [0.15, 0.2) is 23.1 Å². The molecule has 1 aromatic carbocycles. The van der Waals surface area contributed by atoms with E-state index in [4.69, 9.17) is 5.11 Å². The van der Waals surface area contributed by atoms with Crippen LogP contribution >= 0.6 is 0 Å². The quantitative estimate of drug-likeness (QED) is 0.847. The molecule has 15 heavy (non-hydrogen) atoms. The summed E-state index contributed by atoms with van der Waals surface area (Å²) in [4.78, 5) is -0.280. The van der Waals surface area contributed by atoms with Crippen LogP contribution in [0.2, 0.25) is 0 Å². The fraction of sp³-hybridized carbons (Fsp3) is 0.400. The number of aryl methyl sites for hydroxylation is 1. The lowest BCUT2D eigenvalue weighted by molar-refractivity contribution is 0.288. The minimum absolute atomic E-state index is 0.0333. The Hall–Kier alpha value is -0.940. The van der Waals surface area contributed by atoms with Gasteiger partial charge >= 0.3 is 0 Å². The molecule has 1 N–H and O–H groups in total. The Kier molecular flexibility index (Phi) is 3.82. The van der Waals surface area contributed by atoms with E-state index in [0.717, 1.165) is 12.3 Å². The zero-order valence-corrected chi connectivity index (χ0v) is 9.22. The number of halogens is 1. The van der Waals surface area contributed by atoms with E-state index >= 15 is 0 Å². The predicted molar refractivity (Wildman–Crippen MR) is 54.9 cm³/mol. The molecule has 0 amide bonds. The Balaban J connectivity index is 3.06. The van der Waals surface area contributed by atoms with Gasteiger partial charge < -0.3 is 5.11 Å². The fourth-order valence-electron chi connectivity index (χ4n) is 1.27. The predicted octanol–water partition coefficient (Wildman–Crippen LogP) is 1.15. The molecule has 0 heterocycles. The maximum absolute atomic E-state index is 13.2. The van der Waals surface area contributed by atoms with Crippen molar-refractivity contribution in [2.75, 3.05) is 12.9 Å². The number of benzene rings is 1. The zero-order chi connectivity index (χ0) is 11.5. The Morgan fingerprint density at radius 3 is 2.60 bits per heavy atom. The Morgan fingerprint density at radius 2 is 2.07 bits per heavy atom. The average Bonchev–Trinajstić information content (AvgIpc) is 2.15. The largest absolute Gasteiger partial charge is 0.396 e. The van der Waals surface area contributed by atoms with Gasteiger partial charge in [-0.3, -0.25) is 0 Å². The van der Waals surface area contributed by atoms with Gasteiger partial charge in [0.2, 0.25) is 0 Å². The number of hydrogen-bond acceptors (Lipinski definition) is 3. The van der Waals surface area contributed by atoms with Gasteiger partial charge in [-0.2, -0.15) is 0 Å². The van der Waals surface area contributed by atoms with Crippen LogP contribution in [-0.4, -0.2) is 26.4 Å². The van der Waals surface area contributed by atoms with E-state index in [2.05, 4.69) is 0 Å².